The number of hydrogen-bond donors (Lipinski definition) is 1. The van der Waals surface area contributed by atoms with Crippen LogP contribution in [-0.4, -0.2) is 41.9 Å². The zero-order valence-electron chi connectivity index (χ0n) is 13.3. The zero-order valence-corrected chi connectivity index (χ0v) is 14.1. The standard InChI is InChI=1S/C15H30N2OS/c1-10(9-19-6)17(5)14(18)12-7-8-13(16)11(2)15(12,3)4/h10-13H,7-9,16H2,1-6H3. The largest absolute Gasteiger partial charge is 0.342 e. The summed E-state index contributed by atoms with van der Waals surface area (Å²) < 4.78 is 0. The number of amides is 1. The molecule has 19 heavy (non-hydrogen) atoms. The van der Waals surface area contributed by atoms with Crippen molar-refractivity contribution in [2.24, 2.45) is 23.0 Å². The summed E-state index contributed by atoms with van der Waals surface area (Å²) >= 11 is 1.79. The van der Waals surface area contributed by atoms with Crippen molar-refractivity contribution in [1.29, 1.82) is 0 Å². The third-order valence-electron chi connectivity index (χ3n) is 5.22. The first kappa shape index (κ1) is 16.8. The van der Waals surface area contributed by atoms with Crippen LogP contribution in [0.4, 0.5) is 0 Å². The predicted molar refractivity (Wildman–Crippen MR) is 84.3 cm³/mol. The third-order valence-corrected chi connectivity index (χ3v) is 6.03. The third kappa shape index (κ3) is 3.46. The fraction of sp³-hybridized carbons (Fsp3) is 0.933. The van der Waals surface area contributed by atoms with E-state index in [2.05, 4.69) is 34.0 Å². The summed E-state index contributed by atoms with van der Waals surface area (Å²) in [7, 11) is 1.94. The molecule has 4 unspecified atom stereocenters. The van der Waals surface area contributed by atoms with Crippen LogP contribution in [0.15, 0.2) is 0 Å². The predicted octanol–water partition coefficient (Wildman–Crippen LogP) is 2.60. The summed E-state index contributed by atoms with van der Waals surface area (Å²) in [4.78, 5) is 14.7. The number of hydrogen-bond acceptors (Lipinski definition) is 3. The number of thioether (sulfide) groups is 1. The average molecular weight is 286 g/mol. The summed E-state index contributed by atoms with van der Waals surface area (Å²) in [5.41, 5.74) is 6.16. The van der Waals surface area contributed by atoms with Crippen LogP contribution in [0.2, 0.25) is 0 Å². The van der Waals surface area contributed by atoms with Gasteiger partial charge in [0, 0.05) is 30.8 Å². The first-order valence-electron chi connectivity index (χ1n) is 7.24. The van der Waals surface area contributed by atoms with Crippen molar-refractivity contribution >= 4 is 17.7 Å². The number of carbonyl (C=O) groups is 1. The molecule has 1 aliphatic carbocycles. The van der Waals surface area contributed by atoms with Crippen LogP contribution in [0, 0.1) is 17.3 Å². The Bertz CT molecular complexity index is 319. The first-order valence-corrected chi connectivity index (χ1v) is 8.64. The van der Waals surface area contributed by atoms with Crippen LogP contribution in [0.3, 0.4) is 0 Å². The molecule has 4 atom stereocenters. The Morgan fingerprint density at radius 1 is 1.47 bits per heavy atom. The van der Waals surface area contributed by atoms with Crippen LogP contribution in [0.25, 0.3) is 0 Å². The van der Waals surface area contributed by atoms with Crippen molar-refractivity contribution in [3.05, 3.63) is 0 Å². The Balaban J connectivity index is 2.81. The van der Waals surface area contributed by atoms with Gasteiger partial charge >= 0.3 is 0 Å². The van der Waals surface area contributed by atoms with Gasteiger partial charge in [0.05, 0.1) is 0 Å². The number of nitrogens with zero attached hydrogens (tertiary/aromatic N) is 1. The molecule has 1 amide bonds. The minimum atomic E-state index is -0.0118. The number of carbonyl (C=O) groups excluding carboxylic acids is 1. The Hall–Kier alpha value is -0.220. The van der Waals surface area contributed by atoms with Crippen molar-refractivity contribution in [3.8, 4) is 0 Å². The maximum atomic E-state index is 12.8. The molecule has 112 valence electrons. The zero-order chi connectivity index (χ0) is 14.8. The molecule has 0 spiro atoms. The molecule has 0 aromatic carbocycles. The molecule has 0 radical (unpaired) electrons. The smallest absolute Gasteiger partial charge is 0.226 e. The highest BCUT2D eigenvalue weighted by molar-refractivity contribution is 7.98. The van der Waals surface area contributed by atoms with Gasteiger partial charge in [-0.3, -0.25) is 4.79 Å². The van der Waals surface area contributed by atoms with Crippen molar-refractivity contribution in [1.82, 2.24) is 4.90 Å². The van der Waals surface area contributed by atoms with E-state index in [1.807, 2.05) is 11.9 Å². The fourth-order valence-electron chi connectivity index (χ4n) is 3.11. The van der Waals surface area contributed by atoms with Crippen LogP contribution in [0.1, 0.15) is 40.5 Å². The summed E-state index contributed by atoms with van der Waals surface area (Å²) in [5, 5.41) is 0. The van der Waals surface area contributed by atoms with Gasteiger partial charge in [0.25, 0.3) is 0 Å². The van der Waals surface area contributed by atoms with Gasteiger partial charge in [-0.05, 0) is 37.4 Å². The second-order valence-electron chi connectivity index (χ2n) is 6.66. The highest BCUT2D eigenvalue weighted by Crippen LogP contribution is 2.45. The Kier molecular flexibility index (Phi) is 5.75. The minimum Gasteiger partial charge on any atom is -0.342 e. The van der Waals surface area contributed by atoms with Gasteiger partial charge in [0.2, 0.25) is 5.91 Å². The van der Waals surface area contributed by atoms with E-state index in [9.17, 15) is 4.79 Å². The molecule has 0 aromatic rings. The molecule has 1 saturated carbocycles. The van der Waals surface area contributed by atoms with E-state index in [-0.39, 0.29) is 17.4 Å². The molecule has 1 fully saturated rings. The Labute approximate surface area is 122 Å². The van der Waals surface area contributed by atoms with Gasteiger partial charge in [-0.15, -0.1) is 0 Å². The molecule has 4 heteroatoms. The summed E-state index contributed by atoms with van der Waals surface area (Å²) in [6, 6.07) is 0.525. The summed E-state index contributed by atoms with van der Waals surface area (Å²) in [5.74, 6) is 1.78. The van der Waals surface area contributed by atoms with E-state index < -0.39 is 0 Å². The molecule has 1 aliphatic rings. The van der Waals surface area contributed by atoms with Crippen LogP contribution in [-0.2, 0) is 4.79 Å². The summed E-state index contributed by atoms with van der Waals surface area (Å²) in [6.07, 6.45) is 3.97. The quantitative estimate of drug-likeness (QED) is 0.864. The Morgan fingerprint density at radius 3 is 2.58 bits per heavy atom. The van der Waals surface area contributed by atoms with Gasteiger partial charge in [0.15, 0.2) is 0 Å². The van der Waals surface area contributed by atoms with Crippen molar-refractivity contribution < 1.29 is 4.79 Å². The van der Waals surface area contributed by atoms with E-state index >= 15 is 0 Å². The van der Waals surface area contributed by atoms with E-state index in [0.717, 1.165) is 18.6 Å². The molecule has 0 aliphatic heterocycles. The summed E-state index contributed by atoms with van der Waals surface area (Å²) in [6.45, 7) is 8.72. The molecule has 3 nitrogen and oxygen atoms in total. The maximum Gasteiger partial charge on any atom is 0.226 e. The van der Waals surface area contributed by atoms with Gasteiger partial charge in [0.1, 0.15) is 0 Å². The molecular formula is C15H30N2OS. The maximum absolute atomic E-state index is 12.8. The van der Waals surface area contributed by atoms with Crippen molar-refractivity contribution in [2.75, 3.05) is 19.1 Å². The topological polar surface area (TPSA) is 46.3 Å². The van der Waals surface area contributed by atoms with Gasteiger partial charge in [-0.1, -0.05) is 20.8 Å². The lowest BCUT2D eigenvalue weighted by molar-refractivity contribution is -0.143. The van der Waals surface area contributed by atoms with Crippen LogP contribution in [0.5, 0.6) is 0 Å². The SMILES string of the molecule is CSCC(C)N(C)C(=O)C1CCC(N)C(C)C1(C)C. The van der Waals surface area contributed by atoms with Gasteiger partial charge < -0.3 is 10.6 Å². The normalized spacial score (nSPS) is 31.8. The van der Waals surface area contributed by atoms with Gasteiger partial charge in [-0.25, -0.2) is 0 Å². The van der Waals surface area contributed by atoms with Crippen molar-refractivity contribution in [2.45, 2.75) is 52.6 Å². The first-order chi connectivity index (χ1) is 8.73. The lowest BCUT2D eigenvalue weighted by Gasteiger charge is -2.47. The molecule has 0 heterocycles. The molecule has 0 bridgehead atoms. The second kappa shape index (κ2) is 6.49. The van der Waals surface area contributed by atoms with E-state index in [4.69, 9.17) is 5.73 Å². The molecule has 1 rings (SSSR count). The van der Waals surface area contributed by atoms with Crippen molar-refractivity contribution in [3.63, 3.8) is 0 Å². The van der Waals surface area contributed by atoms with E-state index in [0.29, 0.717) is 17.9 Å². The second-order valence-corrected chi connectivity index (χ2v) is 7.57. The van der Waals surface area contributed by atoms with Crippen LogP contribution < -0.4 is 5.73 Å². The fourth-order valence-corrected chi connectivity index (χ4v) is 3.81. The number of rotatable bonds is 4. The molecular weight excluding hydrogens is 256 g/mol. The highest BCUT2D eigenvalue weighted by Gasteiger charge is 2.46. The lowest BCUT2D eigenvalue weighted by atomic mass is 9.60. The van der Waals surface area contributed by atoms with Crippen LogP contribution >= 0.6 is 11.8 Å². The molecule has 0 saturated heterocycles. The number of nitrogens with two attached hydrogens (primary N) is 1. The highest BCUT2D eigenvalue weighted by atomic mass is 32.2. The van der Waals surface area contributed by atoms with E-state index in [1.165, 1.54) is 0 Å². The molecule has 2 N–H and O–H groups in total. The lowest BCUT2D eigenvalue weighted by Crippen LogP contribution is -2.53. The minimum absolute atomic E-state index is 0.0118. The molecule has 0 aromatic heterocycles. The average Bonchev–Trinajstić information content (AvgIpc) is 2.35. The van der Waals surface area contributed by atoms with E-state index in [1.54, 1.807) is 11.8 Å². The monoisotopic (exact) mass is 286 g/mol. The van der Waals surface area contributed by atoms with Gasteiger partial charge in [-0.2, -0.15) is 11.8 Å². The Morgan fingerprint density at radius 2 is 2.05 bits per heavy atom.